The molecule has 27 heavy (non-hydrogen) atoms. The van der Waals surface area contributed by atoms with Gasteiger partial charge in [0, 0.05) is 0 Å². The van der Waals surface area contributed by atoms with Crippen LogP contribution in [0.25, 0.3) is 0 Å². The summed E-state index contributed by atoms with van der Waals surface area (Å²) in [5.41, 5.74) is 2.24. The van der Waals surface area contributed by atoms with Gasteiger partial charge in [-0.15, -0.1) is 0 Å². The highest BCUT2D eigenvalue weighted by Crippen LogP contribution is 2.48. The van der Waals surface area contributed by atoms with Crippen LogP contribution < -0.4 is 5.30 Å². The molecule has 0 amide bonds. The summed E-state index contributed by atoms with van der Waals surface area (Å²) < 4.78 is 24.4. The fourth-order valence-corrected chi connectivity index (χ4v) is 5.35. The maximum absolute atomic E-state index is 13.3. The lowest BCUT2D eigenvalue weighted by atomic mass is 9.79. The smallest absolute Gasteiger partial charge is 0.305 e. The van der Waals surface area contributed by atoms with E-state index in [0.29, 0.717) is 13.2 Å². The van der Waals surface area contributed by atoms with Crippen LogP contribution >= 0.6 is 7.60 Å². The van der Waals surface area contributed by atoms with Gasteiger partial charge in [-0.3, -0.25) is 4.57 Å². The molecule has 0 saturated heterocycles. The zero-order valence-corrected chi connectivity index (χ0v) is 19.4. The molecule has 0 bridgehead atoms. The summed E-state index contributed by atoms with van der Waals surface area (Å²) in [4.78, 5) is 0. The largest absolute Gasteiger partial charge is 0.361 e. The van der Waals surface area contributed by atoms with Crippen LogP contribution in [0.2, 0.25) is 0 Å². The topological polar surface area (TPSA) is 35.5 Å². The quantitative estimate of drug-likeness (QED) is 0.244. The first-order chi connectivity index (χ1) is 12.8. The molecule has 0 N–H and O–H groups in total. The third kappa shape index (κ3) is 7.72. The minimum absolute atomic E-state index is 0.0507. The molecule has 0 heterocycles. The number of aryl methyl sites for hydroxylation is 1. The Balaban J connectivity index is 2.82. The fraction of sp³-hybridized carbons (Fsp3) is 0.739. The molecule has 4 heteroatoms. The third-order valence-electron chi connectivity index (χ3n) is 5.29. The van der Waals surface area contributed by atoms with Crippen molar-refractivity contribution in [2.45, 2.75) is 98.3 Å². The number of unbranched alkanes of at least 4 members (excludes halogenated alkanes) is 6. The van der Waals surface area contributed by atoms with Crippen molar-refractivity contribution in [3.63, 3.8) is 0 Å². The van der Waals surface area contributed by atoms with E-state index in [2.05, 4.69) is 39.0 Å². The molecule has 0 atom stereocenters. The van der Waals surface area contributed by atoms with E-state index < -0.39 is 7.60 Å². The van der Waals surface area contributed by atoms with E-state index in [1.807, 2.05) is 20.8 Å². The zero-order valence-electron chi connectivity index (χ0n) is 18.5. The molecule has 0 spiro atoms. The number of rotatable bonds is 14. The van der Waals surface area contributed by atoms with E-state index in [1.54, 1.807) is 0 Å². The fourth-order valence-electron chi connectivity index (χ4n) is 3.51. The van der Waals surface area contributed by atoms with Crippen LogP contribution in [0.3, 0.4) is 0 Å². The van der Waals surface area contributed by atoms with Crippen molar-refractivity contribution < 1.29 is 13.6 Å². The van der Waals surface area contributed by atoms with Crippen LogP contribution in [0, 0.1) is 6.92 Å². The summed E-state index contributed by atoms with van der Waals surface area (Å²) in [6, 6.07) is 6.28. The highest BCUT2D eigenvalue weighted by Gasteiger charge is 2.31. The minimum Gasteiger partial charge on any atom is -0.305 e. The molecule has 0 aliphatic rings. The van der Waals surface area contributed by atoms with Gasteiger partial charge < -0.3 is 9.05 Å². The van der Waals surface area contributed by atoms with Gasteiger partial charge in [-0.1, -0.05) is 77.8 Å². The molecule has 0 aliphatic heterocycles. The molecule has 0 saturated carbocycles. The van der Waals surface area contributed by atoms with Gasteiger partial charge in [0.05, 0.1) is 18.5 Å². The van der Waals surface area contributed by atoms with Crippen LogP contribution in [0.4, 0.5) is 0 Å². The Morgan fingerprint density at radius 2 is 1.44 bits per heavy atom. The summed E-state index contributed by atoms with van der Waals surface area (Å²) in [7, 11) is -3.25. The molecule has 3 nitrogen and oxygen atoms in total. The lowest BCUT2D eigenvalue weighted by Crippen LogP contribution is -2.22. The average Bonchev–Trinajstić information content (AvgIpc) is 2.61. The molecule has 0 unspecified atom stereocenters. The standard InChI is InChI=1S/C23H41O3P/c1-7-10-11-12-13-14-15-18-23(5,6)21-17-16-20(4)22(19-21)27(24,25-8-2)26-9-3/h16-17,19H,7-15,18H2,1-6H3. The zero-order chi connectivity index (χ0) is 20.3. The normalized spacial score (nSPS) is 12.5. The molecular weight excluding hydrogens is 355 g/mol. The first-order valence-electron chi connectivity index (χ1n) is 10.8. The van der Waals surface area contributed by atoms with E-state index in [4.69, 9.17) is 9.05 Å². The Morgan fingerprint density at radius 3 is 2.00 bits per heavy atom. The van der Waals surface area contributed by atoms with Gasteiger partial charge in [-0.05, 0) is 49.8 Å². The number of hydrogen-bond donors (Lipinski definition) is 0. The molecule has 1 rings (SSSR count). The summed E-state index contributed by atoms with van der Waals surface area (Å²) in [5, 5.41) is 0.719. The van der Waals surface area contributed by atoms with E-state index >= 15 is 0 Å². The molecule has 1 aromatic rings. The summed E-state index contributed by atoms with van der Waals surface area (Å²) in [5.74, 6) is 0. The first-order valence-corrected chi connectivity index (χ1v) is 12.4. The molecule has 156 valence electrons. The van der Waals surface area contributed by atoms with E-state index in [-0.39, 0.29) is 5.41 Å². The molecule has 1 aromatic carbocycles. The molecule has 0 radical (unpaired) electrons. The van der Waals surface area contributed by atoms with Gasteiger partial charge in [0.25, 0.3) is 0 Å². The van der Waals surface area contributed by atoms with E-state index in [1.165, 1.54) is 50.5 Å². The van der Waals surface area contributed by atoms with Crippen LogP contribution in [-0.4, -0.2) is 13.2 Å². The molecular formula is C23H41O3P. The second kappa shape index (κ2) is 12.0. The van der Waals surface area contributed by atoms with Gasteiger partial charge in [0.1, 0.15) is 0 Å². The van der Waals surface area contributed by atoms with Crippen molar-refractivity contribution in [2.75, 3.05) is 13.2 Å². The Hall–Kier alpha value is -0.630. The van der Waals surface area contributed by atoms with Gasteiger partial charge >= 0.3 is 7.60 Å². The summed E-state index contributed by atoms with van der Waals surface area (Å²) in [6.07, 6.45) is 10.4. The molecule has 0 aromatic heterocycles. The molecule has 0 aliphatic carbocycles. The third-order valence-corrected chi connectivity index (χ3v) is 7.56. The lowest BCUT2D eigenvalue weighted by molar-refractivity contribution is 0.229. The minimum atomic E-state index is -3.25. The second-order valence-corrected chi connectivity index (χ2v) is 10.1. The highest BCUT2D eigenvalue weighted by atomic mass is 31.2. The van der Waals surface area contributed by atoms with Crippen molar-refractivity contribution in [3.8, 4) is 0 Å². The maximum Gasteiger partial charge on any atom is 0.361 e. The van der Waals surface area contributed by atoms with Crippen molar-refractivity contribution in [1.29, 1.82) is 0 Å². The van der Waals surface area contributed by atoms with Crippen molar-refractivity contribution in [3.05, 3.63) is 29.3 Å². The molecule has 0 fully saturated rings. The number of hydrogen-bond acceptors (Lipinski definition) is 3. The highest BCUT2D eigenvalue weighted by molar-refractivity contribution is 7.62. The Labute approximate surface area is 167 Å². The predicted molar refractivity (Wildman–Crippen MR) is 117 cm³/mol. The average molecular weight is 397 g/mol. The predicted octanol–water partition coefficient (Wildman–Crippen LogP) is 7.30. The second-order valence-electron chi connectivity index (χ2n) is 8.09. The van der Waals surface area contributed by atoms with Crippen LogP contribution in [-0.2, 0) is 19.0 Å². The lowest BCUT2D eigenvalue weighted by Gasteiger charge is -2.28. The summed E-state index contributed by atoms with van der Waals surface area (Å²) >= 11 is 0. The van der Waals surface area contributed by atoms with Gasteiger partial charge in [0.2, 0.25) is 0 Å². The van der Waals surface area contributed by atoms with Crippen molar-refractivity contribution in [2.24, 2.45) is 0 Å². The van der Waals surface area contributed by atoms with Gasteiger partial charge in [-0.25, -0.2) is 0 Å². The van der Waals surface area contributed by atoms with Crippen LogP contribution in [0.5, 0.6) is 0 Å². The van der Waals surface area contributed by atoms with Gasteiger partial charge in [-0.2, -0.15) is 0 Å². The SMILES string of the molecule is CCCCCCCCCC(C)(C)c1ccc(C)c(P(=O)(OCC)OCC)c1. The Morgan fingerprint density at radius 1 is 0.889 bits per heavy atom. The monoisotopic (exact) mass is 396 g/mol. The Kier molecular flexibility index (Phi) is 10.9. The van der Waals surface area contributed by atoms with Crippen molar-refractivity contribution >= 4 is 12.9 Å². The van der Waals surface area contributed by atoms with E-state index in [9.17, 15) is 4.57 Å². The van der Waals surface area contributed by atoms with Crippen molar-refractivity contribution in [1.82, 2.24) is 0 Å². The van der Waals surface area contributed by atoms with Crippen LogP contribution in [0.15, 0.2) is 18.2 Å². The van der Waals surface area contributed by atoms with Crippen LogP contribution in [0.1, 0.15) is 97.1 Å². The Bertz CT molecular complexity index is 585. The van der Waals surface area contributed by atoms with Gasteiger partial charge in [0.15, 0.2) is 0 Å². The first kappa shape index (κ1) is 24.4. The maximum atomic E-state index is 13.3. The van der Waals surface area contributed by atoms with E-state index in [0.717, 1.165) is 17.3 Å². The number of benzene rings is 1. The summed E-state index contributed by atoms with van der Waals surface area (Å²) in [6.45, 7) is 13.3.